The summed E-state index contributed by atoms with van der Waals surface area (Å²) in [7, 11) is 0.756. The number of nitrogens with one attached hydrogen (secondary N) is 1. The Morgan fingerprint density at radius 1 is 1.56 bits per heavy atom. The number of sulfone groups is 1. The Morgan fingerprint density at radius 3 is 2.89 bits per heavy atom. The molecule has 1 N–H and O–H groups in total. The molecular weight excluding hydrogens is 250 g/mol. The van der Waals surface area contributed by atoms with Crippen LogP contribution >= 0.6 is 0 Å². The van der Waals surface area contributed by atoms with Crippen LogP contribution in [-0.4, -0.2) is 42.3 Å². The Labute approximate surface area is 108 Å². The second-order valence-corrected chi connectivity index (χ2v) is 7.32. The van der Waals surface area contributed by atoms with E-state index in [1.54, 1.807) is 4.68 Å². The van der Waals surface area contributed by atoms with E-state index in [2.05, 4.69) is 10.4 Å². The van der Waals surface area contributed by atoms with Crippen molar-refractivity contribution in [2.45, 2.75) is 37.0 Å². The summed E-state index contributed by atoms with van der Waals surface area (Å²) in [5, 5.41) is 7.21. The number of likely N-dealkylation sites (N-methyl/N-ethyl adjacent to an activating group) is 1. The molecule has 0 saturated carbocycles. The van der Waals surface area contributed by atoms with Gasteiger partial charge in [0.15, 0.2) is 9.84 Å². The average molecular weight is 271 g/mol. The van der Waals surface area contributed by atoms with Crippen molar-refractivity contribution in [3.8, 4) is 0 Å². The van der Waals surface area contributed by atoms with E-state index in [0.717, 1.165) is 25.0 Å². The van der Waals surface area contributed by atoms with Gasteiger partial charge in [-0.1, -0.05) is 6.42 Å². The Morgan fingerprint density at radius 2 is 2.33 bits per heavy atom. The lowest BCUT2D eigenvalue weighted by Crippen LogP contribution is -2.46. The summed E-state index contributed by atoms with van der Waals surface area (Å²) in [5.41, 5.74) is 0.942. The maximum atomic E-state index is 12.1. The summed E-state index contributed by atoms with van der Waals surface area (Å²) in [6.07, 6.45) is 5.13. The van der Waals surface area contributed by atoms with Gasteiger partial charge in [0.1, 0.15) is 0 Å². The second kappa shape index (κ2) is 5.40. The van der Waals surface area contributed by atoms with Gasteiger partial charge in [-0.05, 0) is 26.0 Å². The van der Waals surface area contributed by atoms with Crippen LogP contribution in [0.3, 0.4) is 0 Å². The summed E-state index contributed by atoms with van der Waals surface area (Å²) in [4.78, 5) is 0. The van der Waals surface area contributed by atoms with Crippen molar-refractivity contribution in [3.05, 3.63) is 18.0 Å². The molecule has 2 rings (SSSR count). The minimum Gasteiger partial charge on any atom is -0.315 e. The molecule has 102 valence electrons. The van der Waals surface area contributed by atoms with Crippen molar-refractivity contribution in [1.82, 2.24) is 15.1 Å². The first-order chi connectivity index (χ1) is 8.53. The molecule has 1 saturated heterocycles. The molecule has 0 aliphatic carbocycles. The SMILES string of the molecule is CNC(Cc1ccn(C)n1)C1CCCCS1(=O)=O. The molecule has 1 aromatic rings. The first-order valence-electron chi connectivity index (χ1n) is 6.40. The van der Waals surface area contributed by atoms with Crippen LogP contribution in [-0.2, 0) is 23.3 Å². The molecule has 1 aliphatic rings. The Balaban J connectivity index is 2.12. The minimum absolute atomic E-state index is 0.0369. The molecule has 1 aliphatic heterocycles. The molecule has 2 heterocycles. The standard InChI is InChI=1S/C12H21N3O2S/c1-13-11(9-10-6-7-15(2)14-10)12-5-3-4-8-18(12,16)17/h6-7,11-13H,3-5,8-9H2,1-2H3. The smallest absolute Gasteiger partial charge is 0.154 e. The summed E-state index contributed by atoms with van der Waals surface area (Å²) < 4.78 is 26.0. The van der Waals surface area contributed by atoms with Gasteiger partial charge in [0.05, 0.1) is 16.7 Å². The third-order valence-corrected chi connectivity index (χ3v) is 5.99. The average Bonchev–Trinajstić information content (AvgIpc) is 2.72. The van der Waals surface area contributed by atoms with Gasteiger partial charge >= 0.3 is 0 Å². The topological polar surface area (TPSA) is 64.0 Å². The lowest BCUT2D eigenvalue weighted by Gasteiger charge is -2.29. The van der Waals surface area contributed by atoms with Crippen LogP contribution in [0.1, 0.15) is 25.0 Å². The molecule has 1 aromatic heterocycles. The fourth-order valence-electron chi connectivity index (χ4n) is 2.65. The first-order valence-corrected chi connectivity index (χ1v) is 8.12. The minimum atomic E-state index is -2.95. The van der Waals surface area contributed by atoms with Gasteiger partial charge in [-0.3, -0.25) is 4.68 Å². The number of hydrogen-bond donors (Lipinski definition) is 1. The number of nitrogens with zero attached hydrogens (tertiary/aromatic N) is 2. The van der Waals surface area contributed by atoms with Crippen LogP contribution in [0.4, 0.5) is 0 Å². The molecule has 0 amide bonds. The molecule has 0 aromatic carbocycles. The van der Waals surface area contributed by atoms with E-state index in [1.807, 2.05) is 26.4 Å². The van der Waals surface area contributed by atoms with Gasteiger partial charge in [0.25, 0.3) is 0 Å². The third kappa shape index (κ3) is 2.92. The van der Waals surface area contributed by atoms with E-state index in [9.17, 15) is 8.42 Å². The predicted molar refractivity (Wildman–Crippen MR) is 71.2 cm³/mol. The zero-order valence-corrected chi connectivity index (χ0v) is 11.8. The van der Waals surface area contributed by atoms with Crippen molar-refractivity contribution < 1.29 is 8.42 Å². The highest BCUT2D eigenvalue weighted by atomic mass is 32.2. The predicted octanol–water partition coefficient (Wildman–Crippen LogP) is 0.518. The summed E-state index contributed by atoms with van der Waals surface area (Å²) in [6.45, 7) is 0. The maximum absolute atomic E-state index is 12.1. The van der Waals surface area contributed by atoms with Crippen LogP contribution in [0.2, 0.25) is 0 Å². The second-order valence-electron chi connectivity index (χ2n) is 4.98. The highest BCUT2D eigenvalue weighted by Gasteiger charge is 2.35. The molecule has 2 unspecified atom stereocenters. The Bertz CT molecular complexity index is 495. The molecule has 0 bridgehead atoms. The van der Waals surface area contributed by atoms with Gasteiger partial charge in [-0.25, -0.2) is 8.42 Å². The van der Waals surface area contributed by atoms with Crippen LogP contribution in [0.5, 0.6) is 0 Å². The van der Waals surface area contributed by atoms with E-state index in [0.29, 0.717) is 12.2 Å². The maximum Gasteiger partial charge on any atom is 0.154 e. The van der Waals surface area contributed by atoms with Gasteiger partial charge < -0.3 is 5.32 Å². The van der Waals surface area contributed by atoms with Crippen LogP contribution < -0.4 is 5.32 Å². The summed E-state index contributed by atoms with van der Waals surface area (Å²) in [5.74, 6) is 0.331. The van der Waals surface area contributed by atoms with Crippen molar-refractivity contribution >= 4 is 9.84 Å². The van der Waals surface area contributed by atoms with E-state index in [1.165, 1.54) is 0 Å². The van der Waals surface area contributed by atoms with Crippen LogP contribution in [0, 0.1) is 0 Å². The van der Waals surface area contributed by atoms with Crippen molar-refractivity contribution in [1.29, 1.82) is 0 Å². The molecule has 2 atom stereocenters. The molecule has 18 heavy (non-hydrogen) atoms. The highest BCUT2D eigenvalue weighted by Crippen LogP contribution is 2.23. The molecular formula is C12H21N3O2S. The number of hydrogen-bond acceptors (Lipinski definition) is 4. The highest BCUT2D eigenvalue weighted by molar-refractivity contribution is 7.92. The summed E-state index contributed by atoms with van der Waals surface area (Å²) in [6, 6.07) is 1.91. The van der Waals surface area contributed by atoms with Crippen LogP contribution in [0.25, 0.3) is 0 Å². The number of rotatable bonds is 4. The van der Waals surface area contributed by atoms with Crippen molar-refractivity contribution in [3.63, 3.8) is 0 Å². The fourth-order valence-corrected chi connectivity index (χ4v) is 4.82. The van der Waals surface area contributed by atoms with Gasteiger partial charge in [0, 0.05) is 25.7 Å². The molecule has 6 heteroatoms. The zero-order chi connectivity index (χ0) is 13.2. The van der Waals surface area contributed by atoms with E-state index in [4.69, 9.17) is 0 Å². The first kappa shape index (κ1) is 13.5. The van der Waals surface area contributed by atoms with Gasteiger partial charge in [-0.15, -0.1) is 0 Å². The molecule has 0 spiro atoms. The Hall–Kier alpha value is -0.880. The van der Waals surface area contributed by atoms with Crippen molar-refractivity contribution in [2.24, 2.45) is 7.05 Å². The van der Waals surface area contributed by atoms with E-state index >= 15 is 0 Å². The lowest BCUT2D eigenvalue weighted by molar-refractivity contribution is 0.452. The monoisotopic (exact) mass is 271 g/mol. The fraction of sp³-hybridized carbons (Fsp3) is 0.750. The van der Waals surface area contributed by atoms with Crippen molar-refractivity contribution in [2.75, 3.05) is 12.8 Å². The normalized spacial score (nSPS) is 24.9. The number of aryl methyl sites for hydroxylation is 1. The quantitative estimate of drug-likeness (QED) is 0.867. The van der Waals surface area contributed by atoms with E-state index < -0.39 is 9.84 Å². The third-order valence-electron chi connectivity index (χ3n) is 3.65. The zero-order valence-electron chi connectivity index (χ0n) is 11.0. The van der Waals surface area contributed by atoms with E-state index in [-0.39, 0.29) is 11.3 Å². The van der Waals surface area contributed by atoms with Gasteiger partial charge in [-0.2, -0.15) is 5.10 Å². The van der Waals surface area contributed by atoms with Crippen LogP contribution in [0.15, 0.2) is 12.3 Å². The van der Waals surface area contributed by atoms with Gasteiger partial charge in [0.2, 0.25) is 0 Å². The molecule has 0 radical (unpaired) electrons. The number of aromatic nitrogens is 2. The lowest BCUT2D eigenvalue weighted by atomic mass is 10.0. The molecule has 5 nitrogen and oxygen atoms in total. The molecule has 1 fully saturated rings. The largest absolute Gasteiger partial charge is 0.315 e. The Kier molecular flexibility index (Phi) is 4.07. The summed E-state index contributed by atoms with van der Waals surface area (Å²) >= 11 is 0.